The van der Waals surface area contributed by atoms with Crippen molar-refractivity contribution in [3.8, 4) is 11.5 Å². The standard InChI is InChI=1S/C10H9N5O/c16-9-3-1-2-7-6(9)4-11-10(13-7)8-5-12-15-14-8/h4-5H,1-3H2,(H,12,14,15). The molecule has 6 nitrogen and oxygen atoms in total. The Labute approximate surface area is 91.1 Å². The lowest BCUT2D eigenvalue weighted by molar-refractivity contribution is 0.0971. The SMILES string of the molecule is O=C1CCCc2nc(-c3cn[nH]n3)ncc21. The number of H-pyrrole nitrogens is 1. The zero-order valence-electron chi connectivity index (χ0n) is 8.47. The van der Waals surface area contributed by atoms with Crippen LogP contribution in [0.1, 0.15) is 28.9 Å². The molecule has 0 unspecified atom stereocenters. The molecule has 1 N–H and O–H groups in total. The Morgan fingerprint density at radius 2 is 2.19 bits per heavy atom. The molecule has 80 valence electrons. The van der Waals surface area contributed by atoms with E-state index in [2.05, 4.69) is 25.4 Å². The van der Waals surface area contributed by atoms with E-state index < -0.39 is 0 Å². The van der Waals surface area contributed by atoms with E-state index >= 15 is 0 Å². The Kier molecular flexibility index (Phi) is 1.99. The first-order valence-electron chi connectivity index (χ1n) is 5.10. The van der Waals surface area contributed by atoms with Gasteiger partial charge in [-0.1, -0.05) is 0 Å². The molecule has 2 heterocycles. The van der Waals surface area contributed by atoms with Crippen LogP contribution in [0.3, 0.4) is 0 Å². The van der Waals surface area contributed by atoms with E-state index in [1.165, 1.54) is 0 Å². The first-order chi connectivity index (χ1) is 7.84. The zero-order valence-corrected chi connectivity index (χ0v) is 8.47. The Balaban J connectivity index is 2.08. The van der Waals surface area contributed by atoms with Crippen LogP contribution in [0, 0.1) is 0 Å². The van der Waals surface area contributed by atoms with Gasteiger partial charge in [-0.3, -0.25) is 4.79 Å². The highest BCUT2D eigenvalue weighted by atomic mass is 16.1. The van der Waals surface area contributed by atoms with Gasteiger partial charge in [0.15, 0.2) is 11.6 Å². The van der Waals surface area contributed by atoms with Gasteiger partial charge in [-0.25, -0.2) is 9.97 Å². The van der Waals surface area contributed by atoms with E-state index in [1.54, 1.807) is 12.4 Å². The second kappa shape index (κ2) is 3.48. The third-order valence-corrected chi connectivity index (χ3v) is 2.63. The van der Waals surface area contributed by atoms with Crippen molar-refractivity contribution in [1.82, 2.24) is 25.4 Å². The summed E-state index contributed by atoms with van der Waals surface area (Å²) in [5.41, 5.74) is 2.07. The number of nitrogens with zero attached hydrogens (tertiary/aromatic N) is 4. The van der Waals surface area contributed by atoms with Crippen LogP contribution in [-0.4, -0.2) is 31.2 Å². The minimum atomic E-state index is 0.132. The number of ketones is 1. The predicted molar refractivity (Wildman–Crippen MR) is 54.7 cm³/mol. The van der Waals surface area contributed by atoms with Crippen LogP contribution in [0.15, 0.2) is 12.4 Å². The van der Waals surface area contributed by atoms with Gasteiger partial charge in [0.1, 0.15) is 5.69 Å². The van der Waals surface area contributed by atoms with Crippen LogP contribution in [-0.2, 0) is 6.42 Å². The van der Waals surface area contributed by atoms with E-state index in [4.69, 9.17) is 0 Å². The van der Waals surface area contributed by atoms with E-state index in [0.29, 0.717) is 23.5 Å². The van der Waals surface area contributed by atoms with Crippen LogP contribution >= 0.6 is 0 Å². The highest BCUT2D eigenvalue weighted by Crippen LogP contribution is 2.20. The summed E-state index contributed by atoms with van der Waals surface area (Å²) in [4.78, 5) is 20.1. The van der Waals surface area contributed by atoms with E-state index in [0.717, 1.165) is 18.5 Å². The number of aromatic amines is 1. The number of nitrogens with one attached hydrogen (secondary N) is 1. The Morgan fingerprint density at radius 1 is 1.25 bits per heavy atom. The van der Waals surface area contributed by atoms with Crippen LogP contribution in [0.4, 0.5) is 0 Å². The van der Waals surface area contributed by atoms with Crippen molar-refractivity contribution in [3.05, 3.63) is 23.7 Å². The maximum atomic E-state index is 11.6. The lowest BCUT2D eigenvalue weighted by Crippen LogP contribution is -2.13. The van der Waals surface area contributed by atoms with E-state index in [1.807, 2.05) is 0 Å². The predicted octanol–water partition coefficient (Wildman–Crippen LogP) is 0.781. The van der Waals surface area contributed by atoms with Gasteiger partial charge in [0.25, 0.3) is 0 Å². The molecule has 0 saturated heterocycles. The number of aromatic nitrogens is 5. The topological polar surface area (TPSA) is 84.4 Å². The quantitative estimate of drug-likeness (QED) is 0.759. The van der Waals surface area contributed by atoms with Crippen molar-refractivity contribution >= 4 is 5.78 Å². The molecule has 0 amide bonds. The summed E-state index contributed by atoms with van der Waals surface area (Å²) in [6.07, 6.45) is 5.44. The van der Waals surface area contributed by atoms with E-state index in [-0.39, 0.29) is 5.78 Å². The summed E-state index contributed by atoms with van der Waals surface area (Å²) in [6, 6.07) is 0. The molecule has 3 rings (SSSR count). The number of Topliss-reactive ketones (excluding diaryl/α,β-unsaturated/α-hetero) is 1. The number of hydrogen-bond donors (Lipinski definition) is 1. The molecule has 16 heavy (non-hydrogen) atoms. The normalized spacial score (nSPS) is 14.9. The zero-order chi connectivity index (χ0) is 11.0. The monoisotopic (exact) mass is 215 g/mol. The third kappa shape index (κ3) is 1.39. The van der Waals surface area contributed by atoms with Gasteiger partial charge in [-0.2, -0.15) is 15.4 Å². The highest BCUT2D eigenvalue weighted by molar-refractivity contribution is 5.97. The maximum absolute atomic E-state index is 11.6. The molecule has 0 spiro atoms. The number of aryl methyl sites for hydroxylation is 1. The minimum absolute atomic E-state index is 0.132. The van der Waals surface area contributed by atoms with Crippen LogP contribution < -0.4 is 0 Å². The molecule has 1 aliphatic rings. The molecule has 0 saturated carbocycles. The largest absolute Gasteiger partial charge is 0.294 e. The molecule has 0 aromatic carbocycles. The van der Waals surface area contributed by atoms with Crippen molar-refractivity contribution in [2.75, 3.05) is 0 Å². The van der Waals surface area contributed by atoms with Gasteiger partial charge < -0.3 is 0 Å². The van der Waals surface area contributed by atoms with Crippen LogP contribution in [0.2, 0.25) is 0 Å². The fraction of sp³-hybridized carbons (Fsp3) is 0.300. The summed E-state index contributed by atoms with van der Waals surface area (Å²) in [7, 11) is 0. The molecule has 0 radical (unpaired) electrons. The lowest BCUT2D eigenvalue weighted by atomic mass is 9.96. The minimum Gasteiger partial charge on any atom is -0.294 e. The van der Waals surface area contributed by atoms with Gasteiger partial charge in [0.05, 0.1) is 17.5 Å². The fourth-order valence-electron chi connectivity index (χ4n) is 1.82. The molecule has 1 aliphatic carbocycles. The number of fused-ring (bicyclic) bond motifs is 1. The van der Waals surface area contributed by atoms with Gasteiger partial charge >= 0.3 is 0 Å². The number of rotatable bonds is 1. The number of carbonyl (C=O) groups is 1. The summed E-state index contributed by atoms with van der Waals surface area (Å²) >= 11 is 0. The second-order valence-corrected chi connectivity index (χ2v) is 3.69. The smallest absolute Gasteiger partial charge is 0.181 e. The van der Waals surface area contributed by atoms with E-state index in [9.17, 15) is 4.79 Å². The maximum Gasteiger partial charge on any atom is 0.181 e. The fourth-order valence-corrected chi connectivity index (χ4v) is 1.82. The average Bonchev–Trinajstić information content (AvgIpc) is 2.82. The van der Waals surface area contributed by atoms with Gasteiger partial charge in [-0.05, 0) is 12.8 Å². The molecule has 0 bridgehead atoms. The van der Waals surface area contributed by atoms with Crippen molar-refractivity contribution in [2.45, 2.75) is 19.3 Å². The second-order valence-electron chi connectivity index (χ2n) is 3.69. The van der Waals surface area contributed by atoms with Gasteiger partial charge in [0.2, 0.25) is 0 Å². The Morgan fingerprint density at radius 3 is 3.00 bits per heavy atom. The highest BCUT2D eigenvalue weighted by Gasteiger charge is 2.19. The number of carbonyl (C=O) groups excluding carboxylic acids is 1. The molecule has 6 heteroatoms. The lowest BCUT2D eigenvalue weighted by Gasteiger charge is -2.12. The molecule has 2 aromatic heterocycles. The van der Waals surface area contributed by atoms with Crippen LogP contribution in [0.5, 0.6) is 0 Å². The first kappa shape index (κ1) is 9.14. The van der Waals surface area contributed by atoms with Gasteiger partial charge in [0, 0.05) is 12.6 Å². The summed E-state index contributed by atoms with van der Waals surface area (Å²) in [5, 5.41) is 10.1. The molecule has 0 atom stereocenters. The number of hydrogen-bond acceptors (Lipinski definition) is 5. The molecular weight excluding hydrogens is 206 g/mol. The molecule has 2 aromatic rings. The van der Waals surface area contributed by atoms with Crippen molar-refractivity contribution in [3.63, 3.8) is 0 Å². The van der Waals surface area contributed by atoms with Crippen molar-refractivity contribution in [1.29, 1.82) is 0 Å². The molecule has 0 aliphatic heterocycles. The summed E-state index contributed by atoms with van der Waals surface area (Å²) < 4.78 is 0. The molecular formula is C10H9N5O. The molecule has 0 fully saturated rings. The average molecular weight is 215 g/mol. The van der Waals surface area contributed by atoms with Crippen LogP contribution in [0.25, 0.3) is 11.5 Å². The first-order valence-corrected chi connectivity index (χ1v) is 5.10. The third-order valence-electron chi connectivity index (χ3n) is 2.63. The summed E-state index contributed by atoms with van der Waals surface area (Å²) in [5.74, 6) is 0.648. The Bertz CT molecular complexity index is 534. The van der Waals surface area contributed by atoms with Crippen molar-refractivity contribution < 1.29 is 4.79 Å². The summed E-state index contributed by atoms with van der Waals surface area (Å²) in [6.45, 7) is 0. The van der Waals surface area contributed by atoms with Gasteiger partial charge in [-0.15, -0.1) is 0 Å². The Hall–Kier alpha value is -2.11. The van der Waals surface area contributed by atoms with Crippen molar-refractivity contribution in [2.24, 2.45) is 0 Å².